The smallest absolute Gasteiger partial charge is 0.142 e. The SMILES string of the molecule is CC(O)(CO)CNc1ccnc(C#N)c1. The van der Waals surface area contributed by atoms with Crippen LogP contribution in [0.25, 0.3) is 0 Å². The van der Waals surface area contributed by atoms with E-state index in [1.807, 2.05) is 6.07 Å². The van der Waals surface area contributed by atoms with E-state index in [1.165, 1.54) is 13.1 Å². The maximum Gasteiger partial charge on any atom is 0.142 e. The quantitative estimate of drug-likeness (QED) is 0.652. The molecule has 0 bridgehead atoms. The number of hydrogen-bond donors (Lipinski definition) is 3. The number of pyridine rings is 1. The van der Waals surface area contributed by atoms with E-state index in [4.69, 9.17) is 10.4 Å². The molecule has 3 N–H and O–H groups in total. The molecule has 1 aromatic rings. The number of anilines is 1. The van der Waals surface area contributed by atoms with Crippen LogP contribution >= 0.6 is 0 Å². The Morgan fingerprint density at radius 3 is 3.00 bits per heavy atom. The van der Waals surface area contributed by atoms with Crippen molar-refractivity contribution in [2.45, 2.75) is 12.5 Å². The molecule has 1 atom stereocenters. The Bertz CT molecular complexity index is 371. The van der Waals surface area contributed by atoms with Crippen molar-refractivity contribution in [3.63, 3.8) is 0 Å². The van der Waals surface area contributed by atoms with E-state index in [-0.39, 0.29) is 13.2 Å². The largest absolute Gasteiger partial charge is 0.393 e. The van der Waals surface area contributed by atoms with Gasteiger partial charge in [0.25, 0.3) is 0 Å². The Labute approximate surface area is 88.0 Å². The van der Waals surface area contributed by atoms with Crippen molar-refractivity contribution in [3.05, 3.63) is 24.0 Å². The lowest BCUT2D eigenvalue weighted by Gasteiger charge is -2.21. The van der Waals surface area contributed by atoms with Crippen molar-refractivity contribution in [2.75, 3.05) is 18.5 Å². The summed E-state index contributed by atoms with van der Waals surface area (Å²) in [6.45, 7) is 1.40. The molecule has 0 radical (unpaired) electrons. The maximum atomic E-state index is 9.52. The van der Waals surface area contributed by atoms with Gasteiger partial charge in [-0.25, -0.2) is 4.98 Å². The van der Waals surface area contributed by atoms with Crippen LogP contribution in [0.1, 0.15) is 12.6 Å². The van der Waals surface area contributed by atoms with Gasteiger partial charge >= 0.3 is 0 Å². The molecule has 0 saturated carbocycles. The fraction of sp³-hybridized carbons (Fsp3) is 0.400. The highest BCUT2D eigenvalue weighted by molar-refractivity contribution is 5.46. The van der Waals surface area contributed by atoms with Crippen molar-refractivity contribution in [3.8, 4) is 6.07 Å². The Hall–Kier alpha value is -1.64. The maximum absolute atomic E-state index is 9.52. The standard InChI is InChI=1S/C10H13N3O2/c1-10(15,7-14)6-13-8-2-3-12-9(4-8)5-11/h2-4,14-15H,6-7H2,1H3,(H,12,13). The second kappa shape index (κ2) is 4.73. The molecule has 0 amide bonds. The minimum Gasteiger partial charge on any atom is -0.393 e. The zero-order valence-corrected chi connectivity index (χ0v) is 8.44. The number of aromatic nitrogens is 1. The van der Waals surface area contributed by atoms with E-state index in [9.17, 15) is 5.11 Å². The van der Waals surface area contributed by atoms with E-state index in [2.05, 4.69) is 10.3 Å². The summed E-state index contributed by atoms with van der Waals surface area (Å²) in [5, 5.41) is 29.9. The number of rotatable bonds is 4. The van der Waals surface area contributed by atoms with E-state index < -0.39 is 5.60 Å². The fourth-order valence-corrected chi connectivity index (χ4v) is 0.950. The topological polar surface area (TPSA) is 89.2 Å². The van der Waals surface area contributed by atoms with Crippen molar-refractivity contribution in [2.24, 2.45) is 0 Å². The summed E-state index contributed by atoms with van der Waals surface area (Å²) < 4.78 is 0. The minimum atomic E-state index is -1.17. The minimum absolute atomic E-state index is 0.207. The van der Waals surface area contributed by atoms with Crippen LogP contribution in [0.4, 0.5) is 5.69 Å². The first kappa shape index (κ1) is 11.4. The van der Waals surface area contributed by atoms with Crippen LogP contribution < -0.4 is 5.32 Å². The van der Waals surface area contributed by atoms with Crippen LogP contribution in [0.2, 0.25) is 0 Å². The number of nitrogens with one attached hydrogen (secondary N) is 1. The van der Waals surface area contributed by atoms with Crippen LogP contribution in [0.3, 0.4) is 0 Å². The van der Waals surface area contributed by atoms with Crippen LogP contribution in [0.15, 0.2) is 18.3 Å². The zero-order valence-electron chi connectivity index (χ0n) is 8.44. The predicted octanol–water partition coefficient (Wildman–Crippen LogP) is 0.108. The van der Waals surface area contributed by atoms with Gasteiger partial charge in [0.05, 0.1) is 6.61 Å². The molecule has 1 rings (SSSR count). The summed E-state index contributed by atoms with van der Waals surface area (Å²) in [6, 6.07) is 5.18. The van der Waals surface area contributed by atoms with Gasteiger partial charge in [-0.05, 0) is 19.1 Å². The molecule has 5 heteroatoms. The average molecular weight is 207 g/mol. The van der Waals surface area contributed by atoms with E-state index in [0.29, 0.717) is 11.4 Å². The van der Waals surface area contributed by atoms with Gasteiger partial charge in [-0.1, -0.05) is 0 Å². The van der Waals surface area contributed by atoms with Gasteiger partial charge in [0.15, 0.2) is 0 Å². The van der Waals surface area contributed by atoms with Crippen molar-refractivity contribution < 1.29 is 10.2 Å². The third-order valence-electron chi connectivity index (χ3n) is 1.89. The van der Waals surface area contributed by atoms with Crippen molar-refractivity contribution in [1.29, 1.82) is 5.26 Å². The predicted molar refractivity (Wildman–Crippen MR) is 55.2 cm³/mol. The highest BCUT2D eigenvalue weighted by Gasteiger charge is 2.18. The lowest BCUT2D eigenvalue weighted by Crippen LogP contribution is -2.37. The molecular formula is C10H13N3O2. The van der Waals surface area contributed by atoms with Gasteiger partial charge in [-0.15, -0.1) is 0 Å². The molecular weight excluding hydrogens is 194 g/mol. The normalized spacial score (nSPS) is 14.0. The molecule has 0 spiro atoms. The van der Waals surface area contributed by atoms with Crippen molar-refractivity contribution >= 4 is 5.69 Å². The van der Waals surface area contributed by atoms with E-state index >= 15 is 0 Å². The van der Waals surface area contributed by atoms with Gasteiger partial charge in [-0.2, -0.15) is 5.26 Å². The third kappa shape index (κ3) is 3.54. The molecule has 0 aliphatic rings. The average Bonchev–Trinajstić information content (AvgIpc) is 2.27. The summed E-state index contributed by atoms with van der Waals surface area (Å²) in [5.41, 5.74) is -0.172. The molecule has 15 heavy (non-hydrogen) atoms. The fourth-order valence-electron chi connectivity index (χ4n) is 0.950. The molecule has 0 saturated heterocycles. The number of aliphatic hydroxyl groups is 2. The van der Waals surface area contributed by atoms with E-state index in [1.54, 1.807) is 12.1 Å². The Morgan fingerprint density at radius 1 is 1.67 bits per heavy atom. The molecule has 5 nitrogen and oxygen atoms in total. The van der Waals surface area contributed by atoms with Gasteiger partial charge in [0.1, 0.15) is 17.4 Å². The highest BCUT2D eigenvalue weighted by Crippen LogP contribution is 2.09. The molecule has 1 heterocycles. The lowest BCUT2D eigenvalue weighted by atomic mass is 10.1. The van der Waals surface area contributed by atoms with E-state index in [0.717, 1.165) is 0 Å². The third-order valence-corrected chi connectivity index (χ3v) is 1.89. The van der Waals surface area contributed by atoms with Crippen LogP contribution in [-0.2, 0) is 0 Å². The van der Waals surface area contributed by atoms with Gasteiger partial charge in [0.2, 0.25) is 0 Å². The first-order valence-corrected chi connectivity index (χ1v) is 4.51. The monoisotopic (exact) mass is 207 g/mol. The van der Waals surface area contributed by atoms with Crippen LogP contribution in [-0.4, -0.2) is 33.9 Å². The molecule has 0 aliphatic heterocycles. The van der Waals surface area contributed by atoms with Crippen LogP contribution in [0, 0.1) is 11.3 Å². The van der Waals surface area contributed by atoms with Gasteiger partial charge in [0, 0.05) is 18.4 Å². The molecule has 80 valence electrons. The summed E-state index contributed by atoms with van der Waals surface area (Å²) in [5.74, 6) is 0. The van der Waals surface area contributed by atoms with Gasteiger partial charge < -0.3 is 15.5 Å². The molecule has 1 aromatic heterocycles. The number of hydrogen-bond acceptors (Lipinski definition) is 5. The summed E-state index contributed by atoms with van der Waals surface area (Å²) >= 11 is 0. The molecule has 0 fully saturated rings. The Balaban J connectivity index is 2.62. The molecule has 1 unspecified atom stereocenters. The Kier molecular flexibility index (Phi) is 3.61. The van der Waals surface area contributed by atoms with Gasteiger partial charge in [-0.3, -0.25) is 0 Å². The number of nitrogens with zero attached hydrogens (tertiary/aromatic N) is 2. The number of aliphatic hydroxyl groups excluding tert-OH is 1. The summed E-state index contributed by atoms with van der Waals surface area (Å²) in [7, 11) is 0. The van der Waals surface area contributed by atoms with Crippen LogP contribution in [0.5, 0.6) is 0 Å². The molecule has 0 aromatic carbocycles. The Morgan fingerprint density at radius 2 is 2.40 bits per heavy atom. The van der Waals surface area contributed by atoms with Crippen molar-refractivity contribution in [1.82, 2.24) is 4.98 Å². The highest BCUT2D eigenvalue weighted by atomic mass is 16.3. The number of nitriles is 1. The first-order valence-electron chi connectivity index (χ1n) is 4.51. The zero-order chi connectivity index (χ0) is 11.3. The second-order valence-corrected chi connectivity index (χ2v) is 3.55. The summed E-state index contributed by atoms with van der Waals surface area (Å²) in [4.78, 5) is 3.81. The second-order valence-electron chi connectivity index (χ2n) is 3.55. The molecule has 0 aliphatic carbocycles. The summed E-state index contributed by atoms with van der Waals surface area (Å²) in [6.07, 6.45) is 1.51. The lowest BCUT2D eigenvalue weighted by molar-refractivity contribution is 0.0132. The first-order chi connectivity index (χ1) is 7.07.